The first kappa shape index (κ1) is 8.75. The van der Waals surface area contributed by atoms with Crippen LogP contribution in [0.2, 0.25) is 0 Å². The van der Waals surface area contributed by atoms with E-state index in [9.17, 15) is 0 Å². The average molecular weight is 179 g/mol. The fourth-order valence-corrected chi connectivity index (χ4v) is 1.75. The van der Waals surface area contributed by atoms with Gasteiger partial charge in [0.05, 0.1) is 5.69 Å². The molecule has 1 aliphatic rings. The van der Waals surface area contributed by atoms with Crippen molar-refractivity contribution in [2.24, 2.45) is 12.8 Å². The van der Waals surface area contributed by atoms with Crippen LogP contribution in [0.25, 0.3) is 0 Å². The predicted molar refractivity (Wildman–Crippen MR) is 52.5 cm³/mol. The average Bonchev–Trinajstić information content (AvgIpc) is 2.77. The molecule has 1 fully saturated rings. The Morgan fingerprint density at radius 3 is 2.92 bits per heavy atom. The van der Waals surface area contributed by atoms with Crippen molar-refractivity contribution in [1.29, 1.82) is 0 Å². The minimum atomic E-state index is 0.215. The molecule has 72 valence electrons. The van der Waals surface area contributed by atoms with Gasteiger partial charge >= 0.3 is 0 Å². The molecule has 0 aromatic carbocycles. The van der Waals surface area contributed by atoms with E-state index in [0.717, 1.165) is 12.3 Å². The fraction of sp³-hybridized carbons (Fsp3) is 0.700. The molecule has 2 N–H and O–H groups in total. The Labute approximate surface area is 78.9 Å². The Morgan fingerprint density at radius 1 is 1.69 bits per heavy atom. The molecule has 0 radical (unpaired) electrons. The van der Waals surface area contributed by atoms with Gasteiger partial charge in [0.15, 0.2) is 0 Å². The van der Waals surface area contributed by atoms with Crippen LogP contribution in [0.1, 0.15) is 36.9 Å². The summed E-state index contributed by atoms with van der Waals surface area (Å²) >= 11 is 0. The lowest BCUT2D eigenvalue weighted by atomic mass is 10.1. The molecule has 1 atom stereocenters. The summed E-state index contributed by atoms with van der Waals surface area (Å²) < 4.78 is 1.91. The quantitative estimate of drug-likeness (QED) is 0.757. The SMILES string of the molecule is CC(N)Cc1nn(C)cc1C1CC1. The van der Waals surface area contributed by atoms with Crippen LogP contribution in [0, 0.1) is 0 Å². The van der Waals surface area contributed by atoms with Crippen molar-refractivity contribution in [3.63, 3.8) is 0 Å². The summed E-state index contributed by atoms with van der Waals surface area (Å²) in [5, 5.41) is 4.45. The molecule has 3 nitrogen and oxygen atoms in total. The van der Waals surface area contributed by atoms with Crippen LogP contribution in [0.3, 0.4) is 0 Å². The van der Waals surface area contributed by atoms with Crippen molar-refractivity contribution in [2.75, 3.05) is 0 Å². The monoisotopic (exact) mass is 179 g/mol. The van der Waals surface area contributed by atoms with Gasteiger partial charge in [-0.3, -0.25) is 4.68 Å². The number of aromatic nitrogens is 2. The van der Waals surface area contributed by atoms with Gasteiger partial charge in [0, 0.05) is 25.7 Å². The summed E-state index contributed by atoms with van der Waals surface area (Å²) in [7, 11) is 1.98. The van der Waals surface area contributed by atoms with Gasteiger partial charge in [0.25, 0.3) is 0 Å². The van der Waals surface area contributed by atoms with Gasteiger partial charge in [-0.1, -0.05) is 0 Å². The Bertz CT molecular complexity index is 297. The van der Waals surface area contributed by atoms with Crippen LogP contribution in [-0.4, -0.2) is 15.8 Å². The van der Waals surface area contributed by atoms with E-state index in [4.69, 9.17) is 5.73 Å². The third-order valence-electron chi connectivity index (χ3n) is 2.47. The number of hydrogen-bond acceptors (Lipinski definition) is 2. The van der Waals surface area contributed by atoms with Crippen molar-refractivity contribution >= 4 is 0 Å². The molecule has 0 aliphatic heterocycles. The first-order valence-electron chi connectivity index (χ1n) is 4.95. The second-order valence-corrected chi connectivity index (χ2v) is 4.16. The Balaban J connectivity index is 2.21. The van der Waals surface area contributed by atoms with Crippen molar-refractivity contribution in [2.45, 2.75) is 38.1 Å². The zero-order chi connectivity index (χ0) is 9.42. The number of hydrogen-bond donors (Lipinski definition) is 1. The second kappa shape index (κ2) is 3.14. The lowest BCUT2D eigenvalue weighted by Gasteiger charge is -2.03. The lowest BCUT2D eigenvalue weighted by molar-refractivity contribution is 0.683. The van der Waals surface area contributed by atoms with E-state index in [1.807, 2.05) is 18.7 Å². The van der Waals surface area contributed by atoms with Crippen LogP contribution in [0.4, 0.5) is 0 Å². The zero-order valence-electron chi connectivity index (χ0n) is 8.33. The number of nitrogens with zero attached hydrogens (tertiary/aromatic N) is 2. The van der Waals surface area contributed by atoms with E-state index in [-0.39, 0.29) is 6.04 Å². The molecule has 0 spiro atoms. The first-order valence-corrected chi connectivity index (χ1v) is 4.95. The Morgan fingerprint density at radius 2 is 2.38 bits per heavy atom. The maximum absolute atomic E-state index is 5.77. The zero-order valence-corrected chi connectivity index (χ0v) is 8.33. The molecule has 0 saturated heterocycles. The maximum atomic E-state index is 5.77. The summed E-state index contributed by atoms with van der Waals surface area (Å²) in [5.74, 6) is 0.780. The number of rotatable bonds is 3. The normalized spacial score (nSPS) is 19.0. The molecule has 0 amide bonds. The molecular weight excluding hydrogens is 162 g/mol. The molecule has 1 aromatic heterocycles. The van der Waals surface area contributed by atoms with Gasteiger partial charge in [-0.05, 0) is 31.2 Å². The van der Waals surface area contributed by atoms with Crippen LogP contribution >= 0.6 is 0 Å². The Hall–Kier alpha value is -0.830. The van der Waals surface area contributed by atoms with Crippen LogP contribution in [0.15, 0.2) is 6.20 Å². The Kier molecular flexibility index (Phi) is 2.12. The minimum absolute atomic E-state index is 0.215. The molecular formula is C10H17N3. The van der Waals surface area contributed by atoms with Gasteiger partial charge in [0.2, 0.25) is 0 Å². The van der Waals surface area contributed by atoms with Gasteiger partial charge in [0.1, 0.15) is 0 Å². The summed E-state index contributed by atoms with van der Waals surface area (Å²) in [6.07, 6.45) is 5.72. The highest BCUT2D eigenvalue weighted by Gasteiger charge is 2.28. The van der Waals surface area contributed by atoms with E-state index in [2.05, 4.69) is 11.3 Å². The third kappa shape index (κ3) is 1.91. The topological polar surface area (TPSA) is 43.8 Å². The van der Waals surface area contributed by atoms with E-state index in [1.54, 1.807) is 0 Å². The third-order valence-corrected chi connectivity index (χ3v) is 2.47. The fourth-order valence-electron chi connectivity index (χ4n) is 1.75. The molecule has 3 heteroatoms. The van der Waals surface area contributed by atoms with Gasteiger partial charge in [-0.25, -0.2) is 0 Å². The molecule has 1 heterocycles. The molecule has 1 unspecified atom stereocenters. The highest BCUT2D eigenvalue weighted by atomic mass is 15.3. The van der Waals surface area contributed by atoms with E-state index in [1.165, 1.54) is 24.1 Å². The van der Waals surface area contributed by atoms with Gasteiger partial charge in [-0.2, -0.15) is 5.10 Å². The number of nitrogens with two attached hydrogens (primary N) is 1. The predicted octanol–water partition coefficient (Wildman–Crippen LogP) is 1.19. The summed E-state index contributed by atoms with van der Waals surface area (Å²) in [5.41, 5.74) is 8.41. The lowest BCUT2D eigenvalue weighted by Crippen LogP contribution is -2.18. The summed E-state index contributed by atoms with van der Waals surface area (Å²) in [6.45, 7) is 2.03. The summed E-state index contributed by atoms with van der Waals surface area (Å²) in [6, 6.07) is 0.215. The molecule has 0 bridgehead atoms. The molecule has 1 saturated carbocycles. The van der Waals surface area contributed by atoms with Gasteiger partial charge < -0.3 is 5.73 Å². The standard InChI is InChI=1S/C10H17N3/c1-7(11)5-10-9(8-3-4-8)6-13(2)12-10/h6-8H,3-5,11H2,1-2H3. The largest absolute Gasteiger partial charge is 0.328 e. The minimum Gasteiger partial charge on any atom is -0.328 e. The van der Waals surface area contributed by atoms with Crippen LogP contribution in [-0.2, 0) is 13.5 Å². The van der Waals surface area contributed by atoms with Crippen molar-refractivity contribution in [3.8, 4) is 0 Å². The van der Waals surface area contributed by atoms with Crippen molar-refractivity contribution < 1.29 is 0 Å². The molecule has 1 aromatic rings. The van der Waals surface area contributed by atoms with Crippen LogP contribution < -0.4 is 5.73 Å². The molecule has 2 rings (SSSR count). The van der Waals surface area contributed by atoms with Crippen LogP contribution in [0.5, 0.6) is 0 Å². The number of aryl methyl sites for hydroxylation is 1. The van der Waals surface area contributed by atoms with Crippen molar-refractivity contribution in [3.05, 3.63) is 17.5 Å². The smallest absolute Gasteiger partial charge is 0.0674 e. The molecule has 13 heavy (non-hydrogen) atoms. The van der Waals surface area contributed by atoms with E-state index >= 15 is 0 Å². The van der Waals surface area contributed by atoms with E-state index < -0.39 is 0 Å². The van der Waals surface area contributed by atoms with Crippen molar-refractivity contribution in [1.82, 2.24) is 9.78 Å². The highest BCUT2D eigenvalue weighted by Crippen LogP contribution is 2.41. The maximum Gasteiger partial charge on any atom is 0.0674 e. The molecule has 1 aliphatic carbocycles. The first-order chi connectivity index (χ1) is 6.16. The van der Waals surface area contributed by atoms with Gasteiger partial charge in [-0.15, -0.1) is 0 Å². The highest BCUT2D eigenvalue weighted by molar-refractivity contribution is 5.26. The summed E-state index contributed by atoms with van der Waals surface area (Å²) in [4.78, 5) is 0. The van der Waals surface area contributed by atoms with E-state index in [0.29, 0.717) is 0 Å². The second-order valence-electron chi connectivity index (χ2n) is 4.16.